The zero-order valence-corrected chi connectivity index (χ0v) is 10.8. The quantitative estimate of drug-likeness (QED) is 0.822. The molecule has 4 nitrogen and oxygen atoms in total. The predicted molar refractivity (Wildman–Crippen MR) is 68.7 cm³/mol. The molecule has 1 aliphatic carbocycles. The van der Waals surface area contributed by atoms with Crippen molar-refractivity contribution in [1.82, 2.24) is 9.97 Å². The molecule has 0 radical (unpaired) electrons. The minimum atomic E-state index is 0.353. The molecule has 0 amide bonds. The monoisotopic (exact) mass is 255 g/mol. The van der Waals surface area contributed by atoms with Gasteiger partial charge in [0.05, 0.1) is 6.61 Å². The summed E-state index contributed by atoms with van der Waals surface area (Å²) < 4.78 is 5.32. The van der Waals surface area contributed by atoms with Gasteiger partial charge in [0.2, 0.25) is 5.88 Å². The Labute approximate surface area is 107 Å². The largest absolute Gasteiger partial charge is 0.478 e. The Bertz CT molecular complexity index is 361. The fourth-order valence-electron chi connectivity index (χ4n) is 2.11. The average molecular weight is 256 g/mol. The molecule has 5 heteroatoms. The number of alkyl halides is 1. The Hall–Kier alpha value is -1.03. The van der Waals surface area contributed by atoms with Gasteiger partial charge in [-0.3, -0.25) is 0 Å². The van der Waals surface area contributed by atoms with Crippen molar-refractivity contribution in [2.24, 2.45) is 5.92 Å². The van der Waals surface area contributed by atoms with Gasteiger partial charge in [0.1, 0.15) is 12.1 Å². The van der Waals surface area contributed by atoms with E-state index >= 15 is 0 Å². The summed E-state index contributed by atoms with van der Waals surface area (Å²) in [5.74, 6) is 2.09. The summed E-state index contributed by atoms with van der Waals surface area (Å²) in [6.45, 7) is 3.48. The van der Waals surface area contributed by atoms with E-state index in [-0.39, 0.29) is 0 Å². The van der Waals surface area contributed by atoms with Crippen LogP contribution in [0.15, 0.2) is 12.4 Å². The lowest BCUT2D eigenvalue weighted by Crippen LogP contribution is -2.12. The normalized spacial score (nSPS) is 23.6. The zero-order chi connectivity index (χ0) is 12.1. The Balaban J connectivity index is 1.83. The van der Waals surface area contributed by atoms with Crippen molar-refractivity contribution in [3.8, 4) is 5.88 Å². The first kappa shape index (κ1) is 12.4. The van der Waals surface area contributed by atoms with E-state index < -0.39 is 0 Å². The third kappa shape index (κ3) is 3.73. The van der Waals surface area contributed by atoms with Gasteiger partial charge in [0.25, 0.3) is 0 Å². The first-order valence-electron chi connectivity index (χ1n) is 6.10. The molecule has 2 rings (SSSR count). The van der Waals surface area contributed by atoms with Gasteiger partial charge in [-0.25, -0.2) is 9.97 Å². The van der Waals surface area contributed by atoms with Crippen LogP contribution in [0.3, 0.4) is 0 Å². The third-order valence-corrected chi connectivity index (χ3v) is 3.38. The molecule has 1 aromatic heterocycles. The standard InChI is InChI=1S/C12H18ClN3O/c1-2-17-12-6-11(15-8-16-12)14-7-9-3-4-10(13)5-9/h6,8-10H,2-5,7H2,1H3,(H,14,15,16). The summed E-state index contributed by atoms with van der Waals surface area (Å²) in [6, 6.07) is 1.83. The van der Waals surface area contributed by atoms with Gasteiger partial charge in [0, 0.05) is 18.0 Å². The van der Waals surface area contributed by atoms with Crippen LogP contribution in [0.2, 0.25) is 0 Å². The summed E-state index contributed by atoms with van der Waals surface area (Å²) in [5, 5.41) is 3.67. The smallest absolute Gasteiger partial charge is 0.218 e. The van der Waals surface area contributed by atoms with Gasteiger partial charge < -0.3 is 10.1 Å². The van der Waals surface area contributed by atoms with Crippen molar-refractivity contribution in [1.29, 1.82) is 0 Å². The third-order valence-electron chi connectivity index (χ3n) is 2.98. The summed E-state index contributed by atoms with van der Waals surface area (Å²) in [7, 11) is 0. The Morgan fingerprint density at radius 3 is 3.06 bits per heavy atom. The summed E-state index contributed by atoms with van der Waals surface area (Å²) in [5.41, 5.74) is 0. The van der Waals surface area contributed by atoms with Crippen molar-refractivity contribution in [2.45, 2.75) is 31.6 Å². The molecule has 94 valence electrons. The highest BCUT2D eigenvalue weighted by Crippen LogP contribution is 2.29. The topological polar surface area (TPSA) is 47.0 Å². The number of halogens is 1. The highest BCUT2D eigenvalue weighted by Gasteiger charge is 2.22. The average Bonchev–Trinajstić information content (AvgIpc) is 2.74. The highest BCUT2D eigenvalue weighted by atomic mass is 35.5. The maximum absolute atomic E-state index is 6.08. The minimum Gasteiger partial charge on any atom is -0.478 e. The predicted octanol–water partition coefficient (Wildman–Crippen LogP) is 2.69. The SMILES string of the molecule is CCOc1cc(NCC2CCC(Cl)C2)ncn1. The number of rotatable bonds is 5. The number of nitrogens with zero attached hydrogens (tertiary/aromatic N) is 2. The van der Waals surface area contributed by atoms with E-state index in [1.807, 2.05) is 13.0 Å². The number of ether oxygens (including phenoxy) is 1. The van der Waals surface area contributed by atoms with Crippen molar-refractivity contribution in [2.75, 3.05) is 18.5 Å². The maximum atomic E-state index is 6.08. The van der Waals surface area contributed by atoms with E-state index in [4.69, 9.17) is 16.3 Å². The van der Waals surface area contributed by atoms with E-state index in [1.54, 1.807) is 0 Å². The van der Waals surface area contributed by atoms with Crippen LogP contribution in [0.5, 0.6) is 5.88 Å². The molecular formula is C12H18ClN3O. The molecule has 1 fully saturated rings. The molecule has 1 N–H and O–H groups in total. The first-order valence-corrected chi connectivity index (χ1v) is 6.54. The van der Waals surface area contributed by atoms with E-state index in [0.717, 1.165) is 25.2 Å². The fraction of sp³-hybridized carbons (Fsp3) is 0.667. The molecule has 17 heavy (non-hydrogen) atoms. The van der Waals surface area contributed by atoms with Crippen LogP contribution in [-0.2, 0) is 0 Å². The van der Waals surface area contributed by atoms with Crippen LogP contribution in [0.25, 0.3) is 0 Å². The molecule has 2 atom stereocenters. The number of hydrogen-bond donors (Lipinski definition) is 1. The highest BCUT2D eigenvalue weighted by molar-refractivity contribution is 6.20. The number of hydrogen-bond acceptors (Lipinski definition) is 4. The number of aromatic nitrogens is 2. The molecule has 0 aromatic carbocycles. The molecule has 1 aliphatic rings. The summed E-state index contributed by atoms with van der Waals surface area (Å²) in [4.78, 5) is 8.19. The summed E-state index contributed by atoms with van der Waals surface area (Å²) in [6.07, 6.45) is 4.94. The fourth-order valence-corrected chi connectivity index (χ4v) is 2.49. The van der Waals surface area contributed by atoms with Crippen molar-refractivity contribution >= 4 is 17.4 Å². The Morgan fingerprint density at radius 1 is 1.47 bits per heavy atom. The van der Waals surface area contributed by atoms with Gasteiger partial charge in [-0.05, 0) is 32.1 Å². The van der Waals surface area contributed by atoms with Crippen LogP contribution in [0, 0.1) is 5.92 Å². The Kier molecular flexibility index (Phi) is 4.42. The van der Waals surface area contributed by atoms with Gasteiger partial charge in [-0.2, -0.15) is 0 Å². The van der Waals surface area contributed by atoms with Crippen LogP contribution in [0.1, 0.15) is 26.2 Å². The lowest BCUT2D eigenvalue weighted by molar-refractivity contribution is 0.326. The second-order valence-electron chi connectivity index (χ2n) is 4.33. The van der Waals surface area contributed by atoms with Gasteiger partial charge in [-0.1, -0.05) is 0 Å². The minimum absolute atomic E-state index is 0.353. The molecule has 1 aromatic rings. The maximum Gasteiger partial charge on any atom is 0.218 e. The van der Waals surface area contributed by atoms with E-state index in [9.17, 15) is 0 Å². The first-order chi connectivity index (χ1) is 8.28. The van der Waals surface area contributed by atoms with E-state index in [0.29, 0.717) is 23.8 Å². The Morgan fingerprint density at radius 2 is 2.35 bits per heavy atom. The molecule has 0 bridgehead atoms. The van der Waals surface area contributed by atoms with Gasteiger partial charge >= 0.3 is 0 Å². The van der Waals surface area contributed by atoms with Crippen LogP contribution >= 0.6 is 11.6 Å². The van der Waals surface area contributed by atoms with E-state index in [2.05, 4.69) is 15.3 Å². The number of anilines is 1. The second-order valence-corrected chi connectivity index (χ2v) is 4.95. The van der Waals surface area contributed by atoms with Crippen LogP contribution in [-0.4, -0.2) is 28.5 Å². The van der Waals surface area contributed by atoms with Crippen molar-refractivity contribution in [3.05, 3.63) is 12.4 Å². The molecule has 0 aliphatic heterocycles. The summed E-state index contributed by atoms with van der Waals surface area (Å²) >= 11 is 6.08. The molecular weight excluding hydrogens is 238 g/mol. The van der Waals surface area contributed by atoms with Gasteiger partial charge in [-0.15, -0.1) is 11.6 Å². The van der Waals surface area contributed by atoms with Crippen molar-refractivity contribution < 1.29 is 4.74 Å². The molecule has 0 spiro atoms. The second kappa shape index (κ2) is 6.05. The molecule has 1 heterocycles. The van der Waals surface area contributed by atoms with Crippen LogP contribution < -0.4 is 10.1 Å². The lowest BCUT2D eigenvalue weighted by atomic mass is 10.1. The zero-order valence-electron chi connectivity index (χ0n) is 10.0. The molecule has 1 saturated carbocycles. The lowest BCUT2D eigenvalue weighted by Gasteiger charge is -2.11. The number of nitrogens with one attached hydrogen (secondary N) is 1. The molecule has 2 unspecified atom stereocenters. The van der Waals surface area contributed by atoms with Gasteiger partial charge in [0.15, 0.2) is 0 Å². The van der Waals surface area contributed by atoms with E-state index in [1.165, 1.54) is 12.7 Å². The van der Waals surface area contributed by atoms with Crippen LogP contribution in [0.4, 0.5) is 5.82 Å². The van der Waals surface area contributed by atoms with Crippen molar-refractivity contribution in [3.63, 3.8) is 0 Å². The molecule has 0 saturated heterocycles.